The van der Waals surface area contributed by atoms with Crippen molar-refractivity contribution in [1.29, 1.82) is 0 Å². The number of nitrogens with zero attached hydrogens (tertiary/aromatic N) is 4. The minimum Gasteiger partial charge on any atom is -0.465 e. The number of piperazine rings is 1. The van der Waals surface area contributed by atoms with Crippen molar-refractivity contribution >= 4 is 35.1 Å². The number of methoxy groups -OCH3 is 1. The number of anilines is 2. The van der Waals surface area contributed by atoms with E-state index in [1.54, 1.807) is 29.2 Å². The smallest absolute Gasteiger partial charge is 0.337 e. The summed E-state index contributed by atoms with van der Waals surface area (Å²) in [6.07, 6.45) is 1.51. The molecule has 2 heterocycles. The van der Waals surface area contributed by atoms with Gasteiger partial charge in [0, 0.05) is 32.4 Å². The Kier molecular flexibility index (Phi) is 5.88. The molecule has 1 fully saturated rings. The van der Waals surface area contributed by atoms with Crippen molar-refractivity contribution in [2.24, 2.45) is 0 Å². The van der Waals surface area contributed by atoms with Crippen molar-refractivity contribution in [3.05, 3.63) is 46.7 Å². The van der Waals surface area contributed by atoms with E-state index in [0.717, 1.165) is 13.1 Å². The van der Waals surface area contributed by atoms with Gasteiger partial charge in [-0.3, -0.25) is 4.79 Å². The van der Waals surface area contributed by atoms with E-state index >= 15 is 0 Å². The van der Waals surface area contributed by atoms with Gasteiger partial charge in [-0.1, -0.05) is 11.6 Å². The van der Waals surface area contributed by atoms with Crippen molar-refractivity contribution in [2.45, 2.75) is 0 Å². The maximum absolute atomic E-state index is 12.7. The third-order valence-corrected chi connectivity index (χ3v) is 4.63. The van der Waals surface area contributed by atoms with Crippen molar-refractivity contribution < 1.29 is 14.3 Å². The van der Waals surface area contributed by atoms with E-state index < -0.39 is 5.97 Å². The van der Waals surface area contributed by atoms with Crippen molar-refractivity contribution in [1.82, 2.24) is 19.8 Å². The zero-order valence-corrected chi connectivity index (χ0v) is 15.9. The Balaban J connectivity index is 1.78. The van der Waals surface area contributed by atoms with E-state index in [4.69, 9.17) is 16.3 Å². The number of benzene rings is 1. The lowest BCUT2D eigenvalue weighted by molar-refractivity contribution is 0.0600. The van der Waals surface area contributed by atoms with Crippen LogP contribution in [-0.2, 0) is 4.74 Å². The average Bonchev–Trinajstić information content (AvgIpc) is 2.69. The van der Waals surface area contributed by atoms with E-state index in [2.05, 4.69) is 20.2 Å². The number of amides is 1. The second-order valence-corrected chi connectivity index (χ2v) is 6.58. The second kappa shape index (κ2) is 8.32. The average molecular weight is 390 g/mol. The van der Waals surface area contributed by atoms with E-state index in [1.165, 1.54) is 13.3 Å². The first-order chi connectivity index (χ1) is 13.0. The van der Waals surface area contributed by atoms with E-state index in [-0.39, 0.29) is 11.9 Å². The van der Waals surface area contributed by atoms with Crippen LogP contribution >= 0.6 is 11.6 Å². The molecule has 1 aromatic carbocycles. The lowest BCUT2D eigenvalue weighted by Gasteiger charge is -2.32. The number of hydrogen-bond acceptors (Lipinski definition) is 7. The molecular weight excluding hydrogens is 370 g/mol. The van der Waals surface area contributed by atoms with Crippen LogP contribution in [0, 0.1) is 0 Å². The Hall–Kier alpha value is -2.71. The highest BCUT2D eigenvalue weighted by molar-refractivity contribution is 6.33. The Labute approximate surface area is 162 Å². The Morgan fingerprint density at radius 1 is 1.19 bits per heavy atom. The van der Waals surface area contributed by atoms with Gasteiger partial charge < -0.3 is 19.9 Å². The number of nitrogens with one attached hydrogen (secondary N) is 1. The topological polar surface area (TPSA) is 87.7 Å². The van der Waals surface area contributed by atoms with Crippen LogP contribution in [0.2, 0.25) is 5.02 Å². The quantitative estimate of drug-likeness (QED) is 0.800. The molecule has 0 bridgehead atoms. The molecule has 0 saturated carbocycles. The van der Waals surface area contributed by atoms with Crippen molar-refractivity contribution in [2.75, 3.05) is 45.7 Å². The fourth-order valence-electron chi connectivity index (χ4n) is 2.70. The Bertz CT molecular complexity index is 853. The third-order valence-electron chi connectivity index (χ3n) is 4.30. The van der Waals surface area contributed by atoms with Gasteiger partial charge >= 0.3 is 5.97 Å². The summed E-state index contributed by atoms with van der Waals surface area (Å²) in [5, 5.41) is 3.35. The Morgan fingerprint density at radius 3 is 2.63 bits per heavy atom. The largest absolute Gasteiger partial charge is 0.465 e. The van der Waals surface area contributed by atoms with Crippen molar-refractivity contribution in [3.8, 4) is 0 Å². The fraction of sp³-hybridized carbons (Fsp3) is 0.333. The predicted octanol–water partition coefficient (Wildman–Crippen LogP) is 2.05. The molecule has 3 rings (SSSR count). The number of aromatic nitrogens is 2. The van der Waals surface area contributed by atoms with Crippen LogP contribution in [0.3, 0.4) is 0 Å². The van der Waals surface area contributed by atoms with Crippen LogP contribution < -0.4 is 5.32 Å². The summed E-state index contributed by atoms with van der Waals surface area (Å²) in [5.74, 6) is -0.392. The fourth-order valence-corrected chi connectivity index (χ4v) is 2.86. The molecule has 0 atom stereocenters. The Morgan fingerprint density at radius 2 is 1.93 bits per heavy atom. The number of halogens is 1. The first-order valence-corrected chi connectivity index (χ1v) is 8.81. The molecule has 142 valence electrons. The minimum absolute atomic E-state index is 0.136. The highest BCUT2D eigenvalue weighted by Crippen LogP contribution is 2.25. The van der Waals surface area contributed by atoms with Crippen LogP contribution in [0.5, 0.6) is 0 Å². The standard InChI is InChI=1S/C18H20ClN5O3/c1-23-7-9-24(10-8-23)16(25)14-5-6-20-18(21-14)22-15-11-12(17(26)27-2)3-4-13(15)19/h3-6,11H,7-10H2,1-2H3,(H,20,21,22). The minimum atomic E-state index is -0.477. The second-order valence-electron chi connectivity index (χ2n) is 6.17. The zero-order chi connectivity index (χ0) is 19.4. The van der Waals surface area contributed by atoms with Crippen LogP contribution in [0.15, 0.2) is 30.5 Å². The van der Waals surface area contributed by atoms with Crippen molar-refractivity contribution in [3.63, 3.8) is 0 Å². The number of carbonyl (C=O) groups excluding carboxylic acids is 2. The summed E-state index contributed by atoms with van der Waals surface area (Å²) in [5.41, 5.74) is 1.09. The number of likely N-dealkylation sites (N-methyl/N-ethyl adjacent to an activating group) is 1. The molecule has 1 aliphatic heterocycles. The van der Waals surface area contributed by atoms with Gasteiger partial charge in [-0.05, 0) is 31.3 Å². The van der Waals surface area contributed by atoms with Gasteiger partial charge in [0.05, 0.1) is 23.4 Å². The lowest BCUT2D eigenvalue weighted by Crippen LogP contribution is -2.47. The summed E-state index contributed by atoms with van der Waals surface area (Å²) >= 11 is 6.18. The number of carbonyl (C=O) groups is 2. The SMILES string of the molecule is COC(=O)c1ccc(Cl)c(Nc2nccc(C(=O)N3CCN(C)CC3)n2)c1. The molecule has 0 unspecified atom stereocenters. The van der Waals surface area contributed by atoms with Gasteiger partial charge in [0.25, 0.3) is 5.91 Å². The molecular formula is C18H20ClN5O3. The first-order valence-electron chi connectivity index (χ1n) is 8.43. The lowest BCUT2D eigenvalue weighted by atomic mass is 10.2. The highest BCUT2D eigenvalue weighted by Gasteiger charge is 2.21. The first kappa shape index (κ1) is 19.1. The molecule has 1 aromatic heterocycles. The third kappa shape index (κ3) is 4.53. The van der Waals surface area contributed by atoms with Crippen LogP contribution in [0.25, 0.3) is 0 Å². The number of esters is 1. The molecule has 0 spiro atoms. The molecule has 1 amide bonds. The van der Waals surface area contributed by atoms with E-state index in [0.29, 0.717) is 35.1 Å². The number of ether oxygens (including phenoxy) is 1. The highest BCUT2D eigenvalue weighted by atomic mass is 35.5. The van der Waals surface area contributed by atoms with Gasteiger partial charge in [-0.2, -0.15) is 0 Å². The van der Waals surface area contributed by atoms with Gasteiger partial charge in [0.2, 0.25) is 5.95 Å². The summed E-state index contributed by atoms with van der Waals surface area (Å²) in [4.78, 5) is 36.7. The summed E-state index contributed by atoms with van der Waals surface area (Å²) in [6, 6.07) is 6.27. The predicted molar refractivity (Wildman–Crippen MR) is 102 cm³/mol. The molecule has 8 nitrogen and oxygen atoms in total. The maximum Gasteiger partial charge on any atom is 0.337 e. The van der Waals surface area contributed by atoms with Crippen LogP contribution in [0.1, 0.15) is 20.8 Å². The summed E-state index contributed by atoms with van der Waals surface area (Å²) in [6.45, 7) is 2.99. The van der Waals surface area contributed by atoms with Gasteiger partial charge in [-0.15, -0.1) is 0 Å². The molecule has 1 saturated heterocycles. The molecule has 1 aliphatic rings. The number of rotatable bonds is 4. The monoisotopic (exact) mass is 389 g/mol. The molecule has 1 N–H and O–H groups in total. The molecule has 27 heavy (non-hydrogen) atoms. The molecule has 2 aromatic rings. The summed E-state index contributed by atoms with van der Waals surface area (Å²) in [7, 11) is 3.33. The van der Waals surface area contributed by atoms with E-state index in [1.807, 2.05) is 7.05 Å². The summed E-state index contributed by atoms with van der Waals surface area (Å²) < 4.78 is 4.71. The van der Waals surface area contributed by atoms with Gasteiger partial charge in [0.15, 0.2) is 0 Å². The van der Waals surface area contributed by atoms with E-state index in [9.17, 15) is 9.59 Å². The molecule has 0 aliphatic carbocycles. The molecule has 9 heteroatoms. The van der Waals surface area contributed by atoms with Crippen LogP contribution in [-0.4, -0.2) is 72.0 Å². The van der Waals surface area contributed by atoms with Gasteiger partial charge in [-0.25, -0.2) is 14.8 Å². The molecule has 0 radical (unpaired) electrons. The number of hydrogen-bond donors (Lipinski definition) is 1. The van der Waals surface area contributed by atoms with Crippen LogP contribution in [0.4, 0.5) is 11.6 Å². The maximum atomic E-state index is 12.7. The zero-order valence-electron chi connectivity index (χ0n) is 15.1. The normalized spacial score (nSPS) is 14.7. The van der Waals surface area contributed by atoms with Gasteiger partial charge in [0.1, 0.15) is 5.69 Å².